The van der Waals surface area contributed by atoms with Gasteiger partial charge in [0.15, 0.2) is 0 Å². The predicted octanol–water partition coefficient (Wildman–Crippen LogP) is 6.54. The quantitative estimate of drug-likeness (QED) is 0.442. The molecule has 4 nitrogen and oxygen atoms in total. The Balaban J connectivity index is 1.62. The summed E-state index contributed by atoms with van der Waals surface area (Å²) in [4.78, 5) is 11.2. The number of nitrogens with one attached hydrogen (secondary N) is 1. The third-order valence-corrected chi connectivity index (χ3v) is 5.05. The van der Waals surface area contributed by atoms with Crippen molar-refractivity contribution in [1.29, 1.82) is 0 Å². The molecule has 0 aliphatic rings. The van der Waals surface area contributed by atoms with E-state index >= 15 is 0 Å². The molecule has 0 fully saturated rings. The van der Waals surface area contributed by atoms with Gasteiger partial charge < -0.3 is 15.2 Å². The van der Waals surface area contributed by atoms with Crippen molar-refractivity contribution < 1.29 is 14.6 Å². The van der Waals surface area contributed by atoms with E-state index in [-0.39, 0.29) is 10.6 Å². The second kappa shape index (κ2) is 9.20. The van der Waals surface area contributed by atoms with Crippen LogP contribution >= 0.6 is 34.8 Å². The van der Waals surface area contributed by atoms with Crippen LogP contribution in [0.2, 0.25) is 15.1 Å². The molecule has 0 aliphatic heterocycles. The number of carboxylic acids is 1. The number of benzene rings is 3. The predicted molar refractivity (Wildman–Crippen MR) is 113 cm³/mol. The Hall–Kier alpha value is -2.40. The summed E-state index contributed by atoms with van der Waals surface area (Å²) in [7, 11) is 0. The van der Waals surface area contributed by atoms with Crippen LogP contribution in [-0.4, -0.2) is 11.1 Å². The van der Waals surface area contributed by atoms with Gasteiger partial charge in [0.1, 0.15) is 12.4 Å². The Morgan fingerprint density at radius 1 is 0.893 bits per heavy atom. The van der Waals surface area contributed by atoms with E-state index in [2.05, 4.69) is 5.32 Å². The molecule has 0 radical (unpaired) electrons. The van der Waals surface area contributed by atoms with Gasteiger partial charge in [-0.1, -0.05) is 53.0 Å². The van der Waals surface area contributed by atoms with Crippen LogP contribution in [0.15, 0.2) is 60.7 Å². The molecular weight excluding hydrogens is 421 g/mol. The number of carbonyl (C=O) groups is 1. The van der Waals surface area contributed by atoms with E-state index in [0.29, 0.717) is 34.6 Å². The molecular formula is C21H16Cl3NO3. The Labute approximate surface area is 177 Å². The average molecular weight is 437 g/mol. The van der Waals surface area contributed by atoms with Gasteiger partial charge >= 0.3 is 5.97 Å². The summed E-state index contributed by atoms with van der Waals surface area (Å²) in [5.41, 5.74) is 2.63. The summed E-state index contributed by atoms with van der Waals surface area (Å²) in [6.07, 6.45) is 0. The molecule has 0 aromatic heterocycles. The lowest BCUT2D eigenvalue weighted by Gasteiger charge is -2.11. The van der Waals surface area contributed by atoms with Crippen molar-refractivity contribution in [2.75, 3.05) is 5.32 Å². The van der Waals surface area contributed by atoms with E-state index in [1.807, 2.05) is 30.3 Å². The highest BCUT2D eigenvalue weighted by Crippen LogP contribution is 2.24. The maximum absolute atomic E-state index is 11.2. The SMILES string of the molecule is O=C(O)c1cc(NCc2cccc(OCc3ccc(Cl)c(Cl)c3)c2)ccc1Cl. The third-order valence-electron chi connectivity index (χ3n) is 3.98. The first-order valence-corrected chi connectivity index (χ1v) is 9.48. The van der Waals surface area contributed by atoms with E-state index in [9.17, 15) is 4.79 Å². The topological polar surface area (TPSA) is 58.6 Å². The molecule has 0 amide bonds. The van der Waals surface area contributed by atoms with Crippen LogP contribution in [0.3, 0.4) is 0 Å². The van der Waals surface area contributed by atoms with Crippen molar-refractivity contribution in [2.45, 2.75) is 13.2 Å². The molecule has 7 heteroatoms. The number of hydrogen-bond acceptors (Lipinski definition) is 3. The standard InChI is InChI=1S/C21H16Cl3NO3/c22-18-7-5-15(10-17(18)21(26)27)25-11-13-2-1-3-16(8-13)28-12-14-4-6-19(23)20(24)9-14/h1-10,25H,11-12H2,(H,26,27). The van der Waals surface area contributed by atoms with Crippen LogP contribution in [0.5, 0.6) is 5.75 Å². The molecule has 3 aromatic carbocycles. The van der Waals surface area contributed by atoms with Gasteiger partial charge in [0.25, 0.3) is 0 Å². The summed E-state index contributed by atoms with van der Waals surface area (Å²) >= 11 is 17.8. The van der Waals surface area contributed by atoms with Gasteiger partial charge in [-0.2, -0.15) is 0 Å². The summed E-state index contributed by atoms with van der Waals surface area (Å²) in [5, 5.41) is 13.5. The fourth-order valence-corrected chi connectivity index (χ4v) is 3.06. The van der Waals surface area contributed by atoms with E-state index in [1.165, 1.54) is 6.07 Å². The van der Waals surface area contributed by atoms with E-state index in [1.54, 1.807) is 24.3 Å². The largest absolute Gasteiger partial charge is 0.489 e. The molecule has 0 unspecified atom stereocenters. The van der Waals surface area contributed by atoms with Gasteiger partial charge in [0, 0.05) is 12.2 Å². The number of ether oxygens (including phenoxy) is 1. The lowest BCUT2D eigenvalue weighted by molar-refractivity contribution is 0.0697. The van der Waals surface area contributed by atoms with Crippen molar-refractivity contribution >= 4 is 46.5 Å². The molecule has 0 bridgehead atoms. The molecule has 144 valence electrons. The molecule has 0 atom stereocenters. The van der Waals surface area contributed by atoms with Gasteiger partial charge in [0.05, 0.1) is 20.6 Å². The molecule has 0 saturated carbocycles. The van der Waals surface area contributed by atoms with Crippen LogP contribution in [0, 0.1) is 0 Å². The summed E-state index contributed by atoms with van der Waals surface area (Å²) in [6.45, 7) is 0.873. The Bertz CT molecular complexity index is 1010. The van der Waals surface area contributed by atoms with E-state index in [4.69, 9.17) is 44.6 Å². The van der Waals surface area contributed by atoms with Crippen LogP contribution in [0.1, 0.15) is 21.5 Å². The lowest BCUT2D eigenvalue weighted by atomic mass is 10.1. The lowest BCUT2D eigenvalue weighted by Crippen LogP contribution is -2.03. The molecule has 3 rings (SSSR count). The first-order chi connectivity index (χ1) is 13.4. The highest BCUT2D eigenvalue weighted by Gasteiger charge is 2.09. The summed E-state index contributed by atoms with van der Waals surface area (Å²) < 4.78 is 5.82. The molecule has 2 N–H and O–H groups in total. The first kappa shape index (κ1) is 20.3. The molecule has 0 saturated heterocycles. The van der Waals surface area contributed by atoms with Gasteiger partial charge in [-0.25, -0.2) is 4.79 Å². The Kier molecular flexibility index (Phi) is 6.68. The number of rotatable bonds is 7. The van der Waals surface area contributed by atoms with Crippen molar-refractivity contribution in [3.05, 3.63) is 92.4 Å². The zero-order valence-electron chi connectivity index (χ0n) is 14.6. The normalized spacial score (nSPS) is 10.5. The van der Waals surface area contributed by atoms with Crippen molar-refractivity contribution in [2.24, 2.45) is 0 Å². The molecule has 28 heavy (non-hydrogen) atoms. The number of carboxylic acid groups (broad SMARTS) is 1. The van der Waals surface area contributed by atoms with Crippen LogP contribution < -0.4 is 10.1 Å². The van der Waals surface area contributed by atoms with Crippen LogP contribution in [-0.2, 0) is 13.2 Å². The zero-order valence-corrected chi connectivity index (χ0v) is 16.9. The highest BCUT2D eigenvalue weighted by molar-refractivity contribution is 6.42. The minimum absolute atomic E-state index is 0.0605. The smallest absolute Gasteiger partial charge is 0.337 e. The number of hydrogen-bond donors (Lipinski definition) is 2. The average Bonchev–Trinajstić information content (AvgIpc) is 2.68. The van der Waals surface area contributed by atoms with Gasteiger partial charge in [-0.15, -0.1) is 0 Å². The maximum atomic E-state index is 11.2. The molecule has 3 aromatic rings. The number of anilines is 1. The van der Waals surface area contributed by atoms with Crippen molar-refractivity contribution in [3.8, 4) is 5.75 Å². The van der Waals surface area contributed by atoms with Gasteiger partial charge in [0.2, 0.25) is 0 Å². The van der Waals surface area contributed by atoms with Crippen LogP contribution in [0.25, 0.3) is 0 Å². The van der Waals surface area contributed by atoms with E-state index in [0.717, 1.165) is 11.1 Å². The highest BCUT2D eigenvalue weighted by atomic mass is 35.5. The second-order valence-electron chi connectivity index (χ2n) is 6.04. The van der Waals surface area contributed by atoms with Gasteiger partial charge in [-0.05, 0) is 53.6 Å². The number of halogens is 3. The van der Waals surface area contributed by atoms with E-state index < -0.39 is 5.97 Å². The van der Waals surface area contributed by atoms with Crippen LogP contribution in [0.4, 0.5) is 5.69 Å². The molecule has 0 spiro atoms. The monoisotopic (exact) mass is 435 g/mol. The third kappa shape index (κ3) is 5.32. The molecule has 0 heterocycles. The van der Waals surface area contributed by atoms with Gasteiger partial charge in [-0.3, -0.25) is 0 Å². The second-order valence-corrected chi connectivity index (χ2v) is 7.26. The zero-order chi connectivity index (χ0) is 20.1. The Morgan fingerprint density at radius 3 is 2.43 bits per heavy atom. The fraction of sp³-hybridized carbons (Fsp3) is 0.0952. The first-order valence-electron chi connectivity index (χ1n) is 8.35. The molecule has 0 aliphatic carbocycles. The fourth-order valence-electron chi connectivity index (χ4n) is 2.54. The van der Waals surface area contributed by atoms with Crippen molar-refractivity contribution in [1.82, 2.24) is 0 Å². The Morgan fingerprint density at radius 2 is 1.68 bits per heavy atom. The maximum Gasteiger partial charge on any atom is 0.337 e. The summed E-state index contributed by atoms with van der Waals surface area (Å²) in [6, 6.07) is 17.8. The van der Waals surface area contributed by atoms with Crippen molar-refractivity contribution in [3.63, 3.8) is 0 Å². The number of aromatic carboxylic acids is 1. The summed E-state index contributed by atoms with van der Waals surface area (Å²) in [5.74, 6) is -0.348. The minimum atomic E-state index is -1.06. The minimum Gasteiger partial charge on any atom is -0.489 e.